The third kappa shape index (κ3) is 7.05. The molecule has 1 heterocycles. The van der Waals surface area contributed by atoms with Crippen LogP contribution < -0.4 is 21.3 Å². The summed E-state index contributed by atoms with van der Waals surface area (Å²) in [5.74, 6) is 0.112. The number of ether oxygens (including phenoxy) is 1. The monoisotopic (exact) mass is 430 g/mol. The average molecular weight is 431 g/mol. The lowest BCUT2D eigenvalue weighted by atomic mass is 9.88. The molecule has 1 saturated heterocycles. The second-order valence-electron chi connectivity index (χ2n) is 8.19. The number of carbonyl (C=O) groups is 2. The van der Waals surface area contributed by atoms with Crippen LogP contribution in [0.4, 0.5) is 5.69 Å². The molecule has 1 aliphatic heterocycles. The first-order valence-electron chi connectivity index (χ1n) is 11.1. The third-order valence-electron chi connectivity index (χ3n) is 5.76. The number of allylic oxidation sites excluding steroid dienone is 1. The lowest BCUT2D eigenvalue weighted by Crippen LogP contribution is -2.48. The number of benzene rings is 1. The van der Waals surface area contributed by atoms with Crippen LogP contribution in [-0.4, -0.2) is 55.9 Å². The predicted octanol–water partition coefficient (Wildman–Crippen LogP) is 1.98. The Kier molecular flexibility index (Phi) is 8.87. The number of anilines is 1. The molecule has 5 N–H and O–H groups in total. The molecule has 2 atom stereocenters. The Labute approximate surface area is 183 Å². The van der Waals surface area contributed by atoms with Gasteiger partial charge in [-0.25, -0.2) is 0 Å². The van der Waals surface area contributed by atoms with E-state index in [1.165, 1.54) is 0 Å². The van der Waals surface area contributed by atoms with Crippen molar-refractivity contribution >= 4 is 17.5 Å². The highest BCUT2D eigenvalue weighted by molar-refractivity contribution is 5.90. The number of hydrogen-bond donors (Lipinski definition) is 5. The molecule has 8 nitrogen and oxygen atoms in total. The summed E-state index contributed by atoms with van der Waals surface area (Å²) in [7, 11) is 1.90. The number of unbranched alkanes of at least 4 members (excludes halogenated alkanes) is 1. The molecule has 0 spiro atoms. The second kappa shape index (κ2) is 11.8. The van der Waals surface area contributed by atoms with Crippen LogP contribution in [0.3, 0.4) is 0 Å². The minimum Gasteiger partial charge on any atom is -0.510 e. The molecule has 2 unspecified atom stereocenters. The Morgan fingerprint density at radius 2 is 2.00 bits per heavy atom. The normalized spacial score (nSPS) is 18.9. The molecule has 31 heavy (non-hydrogen) atoms. The van der Waals surface area contributed by atoms with E-state index < -0.39 is 12.1 Å². The summed E-state index contributed by atoms with van der Waals surface area (Å²) < 4.78 is 5.22. The van der Waals surface area contributed by atoms with E-state index in [0.717, 1.165) is 55.5 Å². The second-order valence-corrected chi connectivity index (χ2v) is 8.19. The Bertz CT molecular complexity index is 766. The highest BCUT2D eigenvalue weighted by Crippen LogP contribution is 2.29. The number of aliphatic hydroxyl groups excluding tert-OH is 1. The number of amides is 2. The summed E-state index contributed by atoms with van der Waals surface area (Å²) in [6.07, 6.45) is 5.62. The largest absolute Gasteiger partial charge is 0.510 e. The van der Waals surface area contributed by atoms with Crippen LogP contribution in [0.1, 0.15) is 44.1 Å². The van der Waals surface area contributed by atoms with E-state index in [9.17, 15) is 14.7 Å². The van der Waals surface area contributed by atoms with Crippen LogP contribution >= 0.6 is 0 Å². The molecular formula is C23H34N4O4. The predicted molar refractivity (Wildman–Crippen MR) is 120 cm³/mol. The van der Waals surface area contributed by atoms with Crippen LogP contribution in [0.5, 0.6) is 0 Å². The minimum absolute atomic E-state index is 0.00707. The molecule has 2 amide bonds. The topological polar surface area (TPSA) is 112 Å². The Balaban J connectivity index is 1.57. The Morgan fingerprint density at radius 3 is 2.61 bits per heavy atom. The standard InChI is InChI=1S/C23H34N4O4/c1-24-12-3-2-7-21(28)26-18-10-8-16(9-11-18)13-19(22(29)17-5-4-6-17)27-23(30)20-14-31-15-25-20/h8-11,19-20,24-25,29H,2-7,12-15H2,1H3,(H,26,28)(H,27,30). The lowest BCUT2D eigenvalue weighted by Gasteiger charge is -2.26. The number of hydrogen-bond acceptors (Lipinski definition) is 6. The molecule has 0 radical (unpaired) electrons. The smallest absolute Gasteiger partial charge is 0.240 e. The van der Waals surface area contributed by atoms with Crippen molar-refractivity contribution in [2.45, 2.75) is 57.0 Å². The summed E-state index contributed by atoms with van der Waals surface area (Å²) in [6.45, 7) is 1.60. The molecule has 1 aromatic carbocycles. The van der Waals surface area contributed by atoms with Crippen molar-refractivity contribution in [2.24, 2.45) is 0 Å². The zero-order valence-corrected chi connectivity index (χ0v) is 18.2. The first-order valence-corrected chi connectivity index (χ1v) is 11.1. The molecule has 2 fully saturated rings. The van der Waals surface area contributed by atoms with Gasteiger partial charge in [0.25, 0.3) is 0 Å². The van der Waals surface area contributed by atoms with Crippen molar-refractivity contribution in [3.63, 3.8) is 0 Å². The van der Waals surface area contributed by atoms with Gasteiger partial charge in [-0.3, -0.25) is 14.9 Å². The van der Waals surface area contributed by atoms with E-state index in [0.29, 0.717) is 26.2 Å². The van der Waals surface area contributed by atoms with E-state index in [4.69, 9.17) is 4.74 Å². The lowest BCUT2D eigenvalue weighted by molar-refractivity contribution is -0.123. The van der Waals surface area contributed by atoms with Crippen molar-refractivity contribution in [1.82, 2.24) is 16.0 Å². The molecule has 0 bridgehead atoms. The molecular weight excluding hydrogens is 396 g/mol. The minimum atomic E-state index is -0.474. The van der Waals surface area contributed by atoms with Crippen LogP contribution in [0, 0.1) is 0 Å². The fourth-order valence-corrected chi connectivity index (χ4v) is 3.68. The zero-order chi connectivity index (χ0) is 22.1. The number of carbonyl (C=O) groups excluding carboxylic acids is 2. The van der Waals surface area contributed by atoms with Crippen LogP contribution in [0.25, 0.3) is 0 Å². The van der Waals surface area contributed by atoms with Gasteiger partial charge in [0.15, 0.2) is 0 Å². The highest BCUT2D eigenvalue weighted by atomic mass is 16.5. The first-order chi connectivity index (χ1) is 15.1. The van der Waals surface area contributed by atoms with E-state index in [1.807, 2.05) is 31.3 Å². The molecule has 3 rings (SSSR count). The summed E-state index contributed by atoms with van der Waals surface area (Å²) >= 11 is 0. The van der Waals surface area contributed by atoms with Gasteiger partial charge in [-0.05, 0) is 75.4 Å². The molecule has 1 aromatic rings. The van der Waals surface area contributed by atoms with Gasteiger partial charge >= 0.3 is 0 Å². The molecule has 1 aliphatic carbocycles. The quantitative estimate of drug-likeness (QED) is 0.271. The Hall–Kier alpha value is -2.42. The summed E-state index contributed by atoms with van der Waals surface area (Å²) in [5.41, 5.74) is 2.74. The maximum absolute atomic E-state index is 12.5. The van der Waals surface area contributed by atoms with E-state index in [-0.39, 0.29) is 17.6 Å². The zero-order valence-electron chi connectivity index (χ0n) is 18.2. The summed E-state index contributed by atoms with van der Waals surface area (Å²) in [6, 6.07) is 6.70. The van der Waals surface area contributed by atoms with Crippen molar-refractivity contribution in [1.29, 1.82) is 0 Å². The van der Waals surface area contributed by atoms with Gasteiger partial charge in [0, 0.05) is 12.1 Å². The molecule has 1 saturated carbocycles. The van der Waals surface area contributed by atoms with Gasteiger partial charge in [-0.1, -0.05) is 12.1 Å². The molecule has 2 aliphatic rings. The van der Waals surface area contributed by atoms with E-state index in [2.05, 4.69) is 21.3 Å². The maximum Gasteiger partial charge on any atom is 0.240 e. The average Bonchev–Trinajstić information content (AvgIpc) is 3.26. The highest BCUT2D eigenvalue weighted by Gasteiger charge is 2.28. The first kappa shape index (κ1) is 23.2. The van der Waals surface area contributed by atoms with Crippen molar-refractivity contribution in [3.05, 3.63) is 41.2 Å². The van der Waals surface area contributed by atoms with Gasteiger partial charge in [-0.2, -0.15) is 0 Å². The molecule has 8 heteroatoms. The van der Waals surface area contributed by atoms with Gasteiger partial charge in [0.2, 0.25) is 11.8 Å². The van der Waals surface area contributed by atoms with Gasteiger partial charge < -0.3 is 25.8 Å². The number of aliphatic hydroxyl groups is 1. The van der Waals surface area contributed by atoms with Crippen LogP contribution in [0.15, 0.2) is 35.6 Å². The van der Waals surface area contributed by atoms with E-state index in [1.54, 1.807) is 0 Å². The maximum atomic E-state index is 12.5. The number of rotatable bonds is 11. The molecule has 0 aromatic heterocycles. The van der Waals surface area contributed by atoms with Crippen molar-refractivity contribution < 1.29 is 19.4 Å². The summed E-state index contributed by atoms with van der Waals surface area (Å²) in [5, 5.41) is 22.7. The van der Waals surface area contributed by atoms with Crippen LogP contribution in [-0.2, 0) is 20.7 Å². The van der Waals surface area contributed by atoms with Crippen molar-refractivity contribution in [2.75, 3.05) is 32.2 Å². The fraction of sp³-hybridized carbons (Fsp3) is 0.565. The van der Waals surface area contributed by atoms with E-state index >= 15 is 0 Å². The fourth-order valence-electron chi connectivity index (χ4n) is 3.68. The third-order valence-corrected chi connectivity index (χ3v) is 5.76. The Morgan fingerprint density at radius 1 is 1.23 bits per heavy atom. The van der Waals surface area contributed by atoms with Gasteiger partial charge in [0.1, 0.15) is 11.8 Å². The molecule has 170 valence electrons. The van der Waals surface area contributed by atoms with Crippen molar-refractivity contribution in [3.8, 4) is 0 Å². The summed E-state index contributed by atoms with van der Waals surface area (Å²) in [4.78, 5) is 24.6. The number of nitrogens with one attached hydrogen (secondary N) is 4. The van der Waals surface area contributed by atoms with Gasteiger partial charge in [0.05, 0.1) is 19.4 Å². The van der Waals surface area contributed by atoms with Crippen LogP contribution in [0.2, 0.25) is 0 Å². The SMILES string of the molecule is CNCCCCC(=O)Nc1ccc(CC(NC(=O)C2COCN2)C(O)=C2CCC2)cc1. The van der Waals surface area contributed by atoms with Gasteiger partial charge in [-0.15, -0.1) is 0 Å².